The van der Waals surface area contributed by atoms with Crippen LogP contribution in [0.2, 0.25) is 0 Å². The molecule has 1 aromatic carbocycles. The highest BCUT2D eigenvalue weighted by molar-refractivity contribution is 7.97. The van der Waals surface area contributed by atoms with Gasteiger partial charge in [0.25, 0.3) is 0 Å². The van der Waals surface area contributed by atoms with E-state index in [4.69, 9.17) is 0 Å². The van der Waals surface area contributed by atoms with Crippen molar-refractivity contribution < 1.29 is 0 Å². The van der Waals surface area contributed by atoms with Gasteiger partial charge in [-0.2, -0.15) is 0 Å². The van der Waals surface area contributed by atoms with Crippen LogP contribution in [0.3, 0.4) is 0 Å². The summed E-state index contributed by atoms with van der Waals surface area (Å²) in [7, 11) is 4.81. The van der Waals surface area contributed by atoms with Crippen molar-refractivity contribution in [2.75, 3.05) is 32.1 Å². The first-order valence-corrected chi connectivity index (χ1v) is 9.22. The van der Waals surface area contributed by atoms with E-state index in [0.717, 1.165) is 13.1 Å². The molecular formula is C17H25N2S+. The van der Waals surface area contributed by atoms with Crippen molar-refractivity contribution in [1.82, 2.24) is 9.47 Å². The Balaban J connectivity index is 1.87. The van der Waals surface area contributed by atoms with E-state index in [-0.39, 0.29) is 0 Å². The summed E-state index contributed by atoms with van der Waals surface area (Å²) >= 11 is 0. The van der Waals surface area contributed by atoms with Gasteiger partial charge in [-0.3, -0.25) is 0 Å². The van der Waals surface area contributed by atoms with Gasteiger partial charge >= 0.3 is 0 Å². The number of nitrogens with zero attached hydrogens (tertiary/aromatic N) is 2. The van der Waals surface area contributed by atoms with Crippen LogP contribution >= 0.6 is 0 Å². The predicted molar refractivity (Wildman–Crippen MR) is 89.7 cm³/mol. The van der Waals surface area contributed by atoms with E-state index in [1.165, 1.54) is 41.7 Å². The first-order valence-electron chi connectivity index (χ1n) is 7.66. The second-order valence-electron chi connectivity index (χ2n) is 5.97. The van der Waals surface area contributed by atoms with Crippen molar-refractivity contribution in [2.45, 2.75) is 30.7 Å². The van der Waals surface area contributed by atoms with Gasteiger partial charge in [0.2, 0.25) is 0 Å². The number of aromatic nitrogens is 1. The molecule has 1 fully saturated rings. The molecule has 0 aliphatic carbocycles. The molecule has 0 spiro atoms. The van der Waals surface area contributed by atoms with Crippen molar-refractivity contribution in [3.05, 3.63) is 30.5 Å². The third kappa shape index (κ3) is 2.89. The average Bonchev–Trinajstić information content (AvgIpc) is 3.06. The minimum atomic E-state index is 0.510. The fraction of sp³-hybridized carbons (Fsp3) is 0.529. The normalized spacial score (nSPS) is 16.6. The fourth-order valence-electron chi connectivity index (χ4n) is 3.06. The summed E-state index contributed by atoms with van der Waals surface area (Å²) < 4.78 is 2.49. The molecule has 0 amide bonds. The third-order valence-electron chi connectivity index (χ3n) is 4.10. The third-order valence-corrected chi connectivity index (χ3v) is 6.61. The van der Waals surface area contributed by atoms with E-state index in [9.17, 15) is 0 Å². The SMILES string of the molecule is CN(C)CCCn1cc([S+]2CCCC2)c2ccccc21. The smallest absolute Gasteiger partial charge is 0.180 e. The summed E-state index contributed by atoms with van der Waals surface area (Å²) in [4.78, 5) is 3.90. The van der Waals surface area contributed by atoms with Gasteiger partial charge in [0.15, 0.2) is 4.90 Å². The van der Waals surface area contributed by atoms with Crippen molar-refractivity contribution in [3.63, 3.8) is 0 Å². The Labute approximate surface area is 125 Å². The summed E-state index contributed by atoms with van der Waals surface area (Å²) in [5.41, 5.74) is 1.43. The number of hydrogen-bond donors (Lipinski definition) is 0. The van der Waals surface area contributed by atoms with Gasteiger partial charge in [-0.1, -0.05) is 12.1 Å². The van der Waals surface area contributed by atoms with E-state index >= 15 is 0 Å². The zero-order chi connectivity index (χ0) is 13.9. The van der Waals surface area contributed by atoms with E-state index in [2.05, 4.69) is 54.0 Å². The Kier molecular flexibility index (Phi) is 4.37. The minimum absolute atomic E-state index is 0.510. The minimum Gasteiger partial charge on any atom is -0.343 e. The Morgan fingerprint density at radius 2 is 1.90 bits per heavy atom. The molecule has 2 aromatic rings. The quantitative estimate of drug-likeness (QED) is 0.766. The lowest BCUT2D eigenvalue weighted by molar-refractivity contribution is 0.388. The zero-order valence-electron chi connectivity index (χ0n) is 12.6. The summed E-state index contributed by atoms with van der Waals surface area (Å²) in [6, 6.07) is 8.97. The molecule has 3 rings (SSSR count). The van der Waals surface area contributed by atoms with Gasteiger partial charge in [-0.15, -0.1) is 0 Å². The molecule has 2 heterocycles. The maximum atomic E-state index is 2.49. The molecule has 0 bridgehead atoms. The lowest BCUT2D eigenvalue weighted by Crippen LogP contribution is -2.14. The summed E-state index contributed by atoms with van der Waals surface area (Å²) in [5.74, 6) is 2.82. The summed E-state index contributed by atoms with van der Waals surface area (Å²) in [5, 5.41) is 1.50. The van der Waals surface area contributed by atoms with Gasteiger partial charge in [-0.25, -0.2) is 0 Å². The monoisotopic (exact) mass is 289 g/mol. The molecule has 0 N–H and O–H groups in total. The Bertz CT molecular complexity index is 567. The Morgan fingerprint density at radius 1 is 1.15 bits per heavy atom. The number of aryl methyl sites for hydroxylation is 1. The molecule has 0 radical (unpaired) electrons. The Morgan fingerprint density at radius 3 is 2.65 bits per heavy atom. The number of benzene rings is 1. The van der Waals surface area contributed by atoms with Gasteiger partial charge in [0, 0.05) is 17.4 Å². The second-order valence-corrected chi connectivity index (χ2v) is 8.21. The molecule has 1 aromatic heterocycles. The summed E-state index contributed by atoms with van der Waals surface area (Å²) in [6.07, 6.45) is 6.51. The van der Waals surface area contributed by atoms with Crippen molar-refractivity contribution >= 4 is 21.8 Å². The van der Waals surface area contributed by atoms with Crippen LogP contribution in [0, 0.1) is 0 Å². The zero-order valence-corrected chi connectivity index (χ0v) is 13.5. The van der Waals surface area contributed by atoms with Gasteiger partial charge < -0.3 is 9.47 Å². The number of fused-ring (bicyclic) bond motifs is 1. The lowest BCUT2D eigenvalue weighted by Gasteiger charge is -2.10. The highest BCUT2D eigenvalue weighted by Crippen LogP contribution is 2.31. The molecule has 0 saturated carbocycles. The van der Waals surface area contributed by atoms with E-state index in [0.29, 0.717) is 10.9 Å². The first-order chi connectivity index (χ1) is 9.75. The first kappa shape index (κ1) is 14.0. The average molecular weight is 289 g/mol. The maximum Gasteiger partial charge on any atom is 0.180 e. The maximum absolute atomic E-state index is 2.49. The molecule has 3 heteroatoms. The van der Waals surface area contributed by atoms with Crippen molar-refractivity contribution in [3.8, 4) is 0 Å². The molecule has 1 aliphatic heterocycles. The molecule has 1 aliphatic rings. The van der Waals surface area contributed by atoms with Crippen LogP contribution in [0.1, 0.15) is 19.3 Å². The highest BCUT2D eigenvalue weighted by atomic mass is 32.2. The lowest BCUT2D eigenvalue weighted by atomic mass is 10.2. The fourth-order valence-corrected chi connectivity index (χ4v) is 5.57. The van der Waals surface area contributed by atoms with Crippen LogP contribution in [0.25, 0.3) is 10.9 Å². The van der Waals surface area contributed by atoms with Crippen LogP contribution in [0.5, 0.6) is 0 Å². The van der Waals surface area contributed by atoms with E-state index < -0.39 is 0 Å². The number of hydrogen-bond acceptors (Lipinski definition) is 1. The largest absolute Gasteiger partial charge is 0.343 e. The van der Waals surface area contributed by atoms with Crippen molar-refractivity contribution in [2.24, 2.45) is 0 Å². The van der Waals surface area contributed by atoms with Crippen LogP contribution in [0.4, 0.5) is 0 Å². The van der Waals surface area contributed by atoms with Crippen LogP contribution in [0.15, 0.2) is 35.4 Å². The molecule has 0 atom stereocenters. The number of rotatable bonds is 5. The molecule has 1 saturated heterocycles. The molecular weight excluding hydrogens is 264 g/mol. The van der Waals surface area contributed by atoms with Gasteiger partial charge in [-0.05, 0) is 52.0 Å². The van der Waals surface area contributed by atoms with Crippen LogP contribution < -0.4 is 0 Å². The molecule has 0 unspecified atom stereocenters. The molecule has 2 nitrogen and oxygen atoms in total. The number of para-hydroxylation sites is 1. The van der Waals surface area contributed by atoms with E-state index in [1.807, 2.05) is 0 Å². The van der Waals surface area contributed by atoms with Crippen molar-refractivity contribution in [1.29, 1.82) is 0 Å². The van der Waals surface area contributed by atoms with Crippen LogP contribution in [-0.2, 0) is 17.4 Å². The molecule has 108 valence electrons. The summed E-state index contributed by atoms with van der Waals surface area (Å²) in [6.45, 7) is 2.30. The standard InChI is InChI=1S/C17H25N2S/c1-18(2)10-7-11-19-14-17(20-12-5-6-13-20)15-8-3-4-9-16(15)19/h3-4,8-9,14H,5-7,10-13H2,1-2H3/q+1. The van der Waals surface area contributed by atoms with Gasteiger partial charge in [0.1, 0.15) is 11.5 Å². The highest BCUT2D eigenvalue weighted by Gasteiger charge is 2.30. The second kappa shape index (κ2) is 6.23. The molecule has 20 heavy (non-hydrogen) atoms. The topological polar surface area (TPSA) is 8.17 Å². The Hall–Kier alpha value is -0.930. The van der Waals surface area contributed by atoms with Gasteiger partial charge in [0.05, 0.1) is 17.1 Å². The van der Waals surface area contributed by atoms with Crippen LogP contribution in [-0.4, -0.2) is 41.6 Å². The predicted octanol–water partition coefficient (Wildman–Crippen LogP) is 3.36. The van der Waals surface area contributed by atoms with E-state index in [1.54, 1.807) is 4.90 Å².